The molecule has 1 amide bonds. The van der Waals surface area contributed by atoms with Gasteiger partial charge in [-0.05, 0) is 53.5 Å². The molecule has 0 aromatic heterocycles. The van der Waals surface area contributed by atoms with Crippen molar-refractivity contribution in [3.63, 3.8) is 0 Å². The molecule has 0 bridgehead atoms. The van der Waals surface area contributed by atoms with Gasteiger partial charge in [0.05, 0.1) is 11.1 Å². The van der Waals surface area contributed by atoms with Gasteiger partial charge in [-0.2, -0.15) is 0 Å². The summed E-state index contributed by atoms with van der Waals surface area (Å²) in [6.07, 6.45) is 0. The first-order chi connectivity index (χ1) is 9.47. The van der Waals surface area contributed by atoms with E-state index in [0.29, 0.717) is 10.6 Å². The number of hydrogen-bond donors (Lipinski definition) is 1. The summed E-state index contributed by atoms with van der Waals surface area (Å²) in [5, 5.41) is 3.49. The van der Waals surface area contributed by atoms with Crippen molar-refractivity contribution >= 4 is 33.4 Å². The summed E-state index contributed by atoms with van der Waals surface area (Å²) < 4.78 is 0.780. The maximum Gasteiger partial charge on any atom is 0.251 e. The summed E-state index contributed by atoms with van der Waals surface area (Å²) in [6.45, 7) is 4.00. The Balaban J connectivity index is 2.10. The van der Waals surface area contributed by atoms with Crippen molar-refractivity contribution in [2.45, 2.75) is 19.9 Å². The summed E-state index contributed by atoms with van der Waals surface area (Å²) in [5.41, 5.74) is 2.83. The predicted octanol–water partition coefficient (Wildman–Crippen LogP) is 4.90. The maximum absolute atomic E-state index is 12.2. The Bertz CT molecular complexity index is 625. The van der Waals surface area contributed by atoms with E-state index in [1.54, 1.807) is 18.2 Å². The zero-order chi connectivity index (χ0) is 14.7. The minimum atomic E-state index is -0.132. The molecule has 0 spiro atoms. The SMILES string of the molecule is Cc1ccc(C(C)NC(=O)c2ccc(Br)c(Cl)c2)cc1. The van der Waals surface area contributed by atoms with E-state index in [4.69, 9.17) is 11.6 Å². The predicted molar refractivity (Wildman–Crippen MR) is 86.2 cm³/mol. The van der Waals surface area contributed by atoms with E-state index < -0.39 is 0 Å². The van der Waals surface area contributed by atoms with Gasteiger partial charge in [-0.15, -0.1) is 0 Å². The summed E-state index contributed by atoms with van der Waals surface area (Å²) in [5.74, 6) is -0.132. The zero-order valence-electron chi connectivity index (χ0n) is 11.3. The Morgan fingerprint density at radius 3 is 2.45 bits per heavy atom. The third-order valence-corrected chi connectivity index (χ3v) is 4.34. The molecule has 1 atom stereocenters. The third kappa shape index (κ3) is 3.62. The Morgan fingerprint density at radius 2 is 1.85 bits per heavy atom. The van der Waals surface area contributed by atoms with Gasteiger partial charge in [-0.1, -0.05) is 41.4 Å². The van der Waals surface area contributed by atoms with Crippen molar-refractivity contribution in [1.29, 1.82) is 0 Å². The minimum Gasteiger partial charge on any atom is -0.346 e. The summed E-state index contributed by atoms with van der Waals surface area (Å²) >= 11 is 9.31. The molecule has 0 aliphatic rings. The van der Waals surface area contributed by atoms with E-state index in [1.807, 2.05) is 38.1 Å². The molecule has 0 saturated heterocycles. The van der Waals surface area contributed by atoms with E-state index in [1.165, 1.54) is 5.56 Å². The molecule has 2 aromatic rings. The van der Waals surface area contributed by atoms with Crippen molar-refractivity contribution in [3.05, 3.63) is 68.7 Å². The number of rotatable bonds is 3. The van der Waals surface area contributed by atoms with Crippen LogP contribution in [0.3, 0.4) is 0 Å². The van der Waals surface area contributed by atoms with Gasteiger partial charge in [-0.3, -0.25) is 4.79 Å². The highest BCUT2D eigenvalue weighted by Gasteiger charge is 2.12. The molecule has 4 heteroatoms. The largest absolute Gasteiger partial charge is 0.346 e. The van der Waals surface area contributed by atoms with E-state index in [2.05, 4.69) is 21.2 Å². The van der Waals surface area contributed by atoms with E-state index >= 15 is 0 Å². The number of carbonyl (C=O) groups is 1. The van der Waals surface area contributed by atoms with Crippen LogP contribution in [0.15, 0.2) is 46.9 Å². The van der Waals surface area contributed by atoms with Crippen LogP contribution in [0.1, 0.15) is 34.5 Å². The van der Waals surface area contributed by atoms with Gasteiger partial charge >= 0.3 is 0 Å². The second-order valence-electron chi connectivity index (χ2n) is 4.73. The van der Waals surface area contributed by atoms with Crippen LogP contribution in [-0.2, 0) is 0 Å². The fourth-order valence-electron chi connectivity index (χ4n) is 1.86. The molecule has 20 heavy (non-hydrogen) atoms. The first-order valence-corrected chi connectivity index (χ1v) is 7.47. The molecule has 1 N–H and O–H groups in total. The van der Waals surface area contributed by atoms with E-state index in [0.717, 1.165) is 10.0 Å². The highest BCUT2D eigenvalue weighted by atomic mass is 79.9. The van der Waals surface area contributed by atoms with Crippen LogP contribution in [0, 0.1) is 6.92 Å². The highest BCUT2D eigenvalue weighted by molar-refractivity contribution is 9.10. The Morgan fingerprint density at radius 1 is 1.20 bits per heavy atom. The lowest BCUT2D eigenvalue weighted by molar-refractivity contribution is 0.0940. The van der Waals surface area contributed by atoms with Crippen LogP contribution in [0.25, 0.3) is 0 Å². The van der Waals surface area contributed by atoms with Gasteiger partial charge < -0.3 is 5.32 Å². The van der Waals surface area contributed by atoms with Crippen molar-refractivity contribution in [1.82, 2.24) is 5.32 Å². The van der Waals surface area contributed by atoms with Gasteiger partial charge in [0.2, 0.25) is 0 Å². The number of halogens is 2. The summed E-state index contributed by atoms with van der Waals surface area (Å²) in [4.78, 5) is 12.2. The van der Waals surface area contributed by atoms with Crippen molar-refractivity contribution in [2.75, 3.05) is 0 Å². The average Bonchev–Trinajstić information content (AvgIpc) is 2.42. The molecule has 0 aliphatic carbocycles. The van der Waals surface area contributed by atoms with Gasteiger partial charge in [0.25, 0.3) is 5.91 Å². The third-order valence-electron chi connectivity index (χ3n) is 3.11. The number of hydrogen-bond acceptors (Lipinski definition) is 1. The number of nitrogens with one attached hydrogen (secondary N) is 1. The van der Waals surface area contributed by atoms with Crippen LogP contribution < -0.4 is 5.32 Å². The monoisotopic (exact) mass is 351 g/mol. The van der Waals surface area contributed by atoms with Crippen LogP contribution in [0.4, 0.5) is 0 Å². The van der Waals surface area contributed by atoms with Gasteiger partial charge in [-0.25, -0.2) is 0 Å². The first-order valence-electron chi connectivity index (χ1n) is 6.30. The molecular weight excluding hydrogens is 338 g/mol. The molecular formula is C16H15BrClNO. The lowest BCUT2D eigenvalue weighted by Crippen LogP contribution is -2.26. The average molecular weight is 353 g/mol. The van der Waals surface area contributed by atoms with Crippen molar-refractivity contribution < 1.29 is 4.79 Å². The Hall–Kier alpha value is -1.32. The highest BCUT2D eigenvalue weighted by Crippen LogP contribution is 2.23. The molecule has 0 radical (unpaired) electrons. The number of carbonyl (C=O) groups excluding carboxylic acids is 1. The van der Waals surface area contributed by atoms with Crippen LogP contribution in [0.5, 0.6) is 0 Å². The summed E-state index contributed by atoms with van der Waals surface area (Å²) in [6, 6.07) is 13.2. The molecule has 104 valence electrons. The second-order valence-corrected chi connectivity index (χ2v) is 6.00. The Kier molecular flexibility index (Phi) is 4.84. The fourth-order valence-corrected chi connectivity index (χ4v) is 2.28. The molecule has 0 aliphatic heterocycles. The van der Waals surface area contributed by atoms with Crippen LogP contribution in [-0.4, -0.2) is 5.91 Å². The van der Waals surface area contributed by atoms with Gasteiger partial charge in [0.15, 0.2) is 0 Å². The van der Waals surface area contributed by atoms with Crippen LogP contribution in [0.2, 0.25) is 5.02 Å². The Labute approximate surface area is 132 Å². The standard InChI is InChI=1S/C16H15BrClNO/c1-10-3-5-12(6-4-10)11(2)19-16(20)13-7-8-14(17)15(18)9-13/h3-9,11H,1-2H3,(H,19,20). The fraction of sp³-hybridized carbons (Fsp3) is 0.188. The molecule has 2 rings (SSSR count). The molecule has 0 saturated carbocycles. The number of benzene rings is 2. The molecule has 0 heterocycles. The first kappa shape index (κ1) is 15.1. The van der Waals surface area contributed by atoms with Crippen LogP contribution >= 0.6 is 27.5 Å². The summed E-state index contributed by atoms with van der Waals surface area (Å²) in [7, 11) is 0. The molecule has 0 fully saturated rings. The van der Waals surface area contributed by atoms with Crippen molar-refractivity contribution in [3.8, 4) is 0 Å². The minimum absolute atomic E-state index is 0.0504. The van der Waals surface area contributed by atoms with E-state index in [-0.39, 0.29) is 11.9 Å². The number of amides is 1. The molecule has 1 unspecified atom stereocenters. The maximum atomic E-state index is 12.2. The smallest absolute Gasteiger partial charge is 0.251 e. The van der Waals surface area contributed by atoms with E-state index in [9.17, 15) is 4.79 Å². The van der Waals surface area contributed by atoms with Crippen molar-refractivity contribution in [2.24, 2.45) is 0 Å². The van der Waals surface area contributed by atoms with Gasteiger partial charge in [0, 0.05) is 10.0 Å². The molecule has 2 nitrogen and oxygen atoms in total. The van der Waals surface area contributed by atoms with Gasteiger partial charge in [0.1, 0.15) is 0 Å². The quantitative estimate of drug-likeness (QED) is 0.836. The lowest BCUT2D eigenvalue weighted by atomic mass is 10.1. The topological polar surface area (TPSA) is 29.1 Å². The zero-order valence-corrected chi connectivity index (χ0v) is 13.6. The normalized spacial score (nSPS) is 12.0. The molecule has 2 aromatic carbocycles. The second kappa shape index (κ2) is 6.42. The number of aryl methyl sites for hydroxylation is 1. The lowest BCUT2D eigenvalue weighted by Gasteiger charge is -2.15.